The summed E-state index contributed by atoms with van der Waals surface area (Å²) in [6.07, 6.45) is -0.0202. The van der Waals surface area contributed by atoms with Gasteiger partial charge in [-0.3, -0.25) is 19.7 Å². The number of hydrogen-bond donors (Lipinski definition) is 1. The summed E-state index contributed by atoms with van der Waals surface area (Å²) in [6.45, 7) is -0.412. The van der Waals surface area contributed by atoms with Crippen LogP contribution in [0.3, 0.4) is 0 Å². The van der Waals surface area contributed by atoms with Crippen LogP contribution in [-0.2, 0) is 14.3 Å². The Balaban J connectivity index is 1.73. The van der Waals surface area contributed by atoms with Gasteiger partial charge in [0, 0.05) is 6.07 Å². The maximum absolute atomic E-state index is 11.7. The Morgan fingerprint density at radius 3 is 2.44 bits per heavy atom. The Hall–Kier alpha value is -3.42. The Kier molecular flexibility index (Phi) is 6.47. The first-order valence-electron chi connectivity index (χ1n) is 7.43. The van der Waals surface area contributed by atoms with E-state index in [4.69, 9.17) is 9.47 Å². The number of esters is 1. The second kappa shape index (κ2) is 9.02. The van der Waals surface area contributed by atoms with Crippen molar-refractivity contribution in [3.63, 3.8) is 0 Å². The lowest BCUT2D eigenvalue weighted by Crippen LogP contribution is -2.22. The number of para-hydroxylation sites is 3. The summed E-state index contributed by atoms with van der Waals surface area (Å²) in [5.41, 5.74) is -0.195. The van der Waals surface area contributed by atoms with Crippen molar-refractivity contribution in [3.8, 4) is 5.75 Å². The fourth-order valence-corrected chi connectivity index (χ4v) is 1.91. The second-order valence-corrected chi connectivity index (χ2v) is 4.89. The van der Waals surface area contributed by atoms with Gasteiger partial charge in [0.15, 0.2) is 6.61 Å². The van der Waals surface area contributed by atoms with Gasteiger partial charge < -0.3 is 14.8 Å². The molecule has 0 bridgehead atoms. The maximum atomic E-state index is 11.7. The number of ether oxygens (including phenoxy) is 2. The molecule has 1 amide bonds. The van der Waals surface area contributed by atoms with E-state index in [1.54, 1.807) is 30.3 Å². The van der Waals surface area contributed by atoms with Gasteiger partial charge in [-0.05, 0) is 18.2 Å². The highest BCUT2D eigenvalue weighted by molar-refractivity contribution is 5.94. The van der Waals surface area contributed by atoms with Gasteiger partial charge in [-0.1, -0.05) is 30.3 Å². The number of rotatable bonds is 8. The van der Waals surface area contributed by atoms with E-state index in [1.165, 1.54) is 18.2 Å². The minimum Gasteiger partial charge on any atom is -0.493 e. The Morgan fingerprint density at radius 1 is 1.04 bits per heavy atom. The van der Waals surface area contributed by atoms with Crippen molar-refractivity contribution in [1.82, 2.24) is 0 Å². The highest BCUT2D eigenvalue weighted by Crippen LogP contribution is 2.22. The van der Waals surface area contributed by atoms with E-state index in [0.29, 0.717) is 5.75 Å². The molecule has 0 heterocycles. The van der Waals surface area contributed by atoms with Crippen LogP contribution in [0.25, 0.3) is 0 Å². The van der Waals surface area contributed by atoms with Crippen molar-refractivity contribution in [2.75, 3.05) is 18.5 Å². The molecule has 0 spiro atoms. The Morgan fingerprint density at radius 2 is 1.72 bits per heavy atom. The molecule has 0 aromatic heterocycles. The molecule has 8 nitrogen and oxygen atoms in total. The highest BCUT2D eigenvalue weighted by atomic mass is 16.6. The summed E-state index contributed by atoms with van der Waals surface area (Å²) in [5.74, 6) is -0.635. The summed E-state index contributed by atoms with van der Waals surface area (Å²) >= 11 is 0. The molecular formula is C17H16N2O6. The van der Waals surface area contributed by atoms with Crippen LogP contribution in [0, 0.1) is 10.1 Å². The van der Waals surface area contributed by atoms with Gasteiger partial charge in [0.05, 0.1) is 18.0 Å². The van der Waals surface area contributed by atoms with E-state index in [2.05, 4.69) is 5.32 Å². The number of nitro groups is 1. The molecule has 0 atom stereocenters. The third kappa shape index (κ3) is 5.94. The van der Waals surface area contributed by atoms with Gasteiger partial charge >= 0.3 is 5.97 Å². The third-order valence-corrected chi connectivity index (χ3v) is 3.06. The first-order valence-corrected chi connectivity index (χ1v) is 7.43. The van der Waals surface area contributed by atoms with Gasteiger partial charge in [0.2, 0.25) is 0 Å². The second-order valence-electron chi connectivity index (χ2n) is 4.89. The van der Waals surface area contributed by atoms with E-state index in [0.717, 1.165) is 0 Å². The topological polar surface area (TPSA) is 108 Å². The lowest BCUT2D eigenvalue weighted by Gasteiger charge is -2.08. The lowest BCUT2D eigenvalue weighted by molar-refractivity contribution is -0.383. The average Bonchev–Trinajstić information content (AvgIpc) is 2.61. The minimum atomic E-state index is -0.661. The number of nitrogens with zero attached hydrogens (tertiary/aromatic N) is 1. The fourth-order valence-electron chi connectivity index (χ4n) is 1.91. The van der Waals surface area contributed by atoms with Crippen LogP contribution in [0.1, 0.15) is 6.42 Å². The normalized spacial score (nSPS) is 9.92. The van der Waals surface area contributed by atoms with Crippen LogP contribution < -0.4 is 10.1 Å². The fraction of sp³-hybridized carbons (Fsp3) is 0.176. The molecule has 0 saturated carbocycles. The van der Waals surface area contributed by atoms with E-state index in [1.807, 2.05) is 6.07 Å². The zero-order chi connectivity index (χ0) is 18.1. The highest BCUT2D eigenvalue weighted by Gasteiger charge is 2.15. The molecule has 2 aromatic carbocycles. The number of nitro benzene ring substituents is 1. The molecule has 1 N–H and O–H groups in total. The zero-order valence-corrected chi connectivity index (χ0v) is 13.2. The summed E-state index contributed by atoms with van der Waals surface area (Å²) in [4.78, 5) is 33.6. The summed E-state index contributed by atoms with van der Waals surface area (Å²) in [7, 11) is 0. The smallest absolute Gasteiger partial charge is 0.309 e. The standard InChI is InChI=1S/C17H16N2O6/c20-16(18-14-8-4-5-9-15(14)19(22)23)12-25-17(21)10-11-24-13-6-2-1-3-7-13/h1-9H,10-12H2,(H,18,20). The molecule has 0 unspecified atom stereocenters. The van der Waals surface area contributed by atoms with Crippen LogP contribution >= 0.6 is 0 Å². The third-order valence-electron chi connectivity index (χ3n) is 3.06. The van der Waals surface area contributed by atoms with Crippen LogP contribution in [0.5, 0.6) is 5.75 Å². The van der Waals surface area contributed by atoms with Crippen molar-refractivity contribution in [1.29, 1.82) is 0 Å². The average molecular weight is 344 g/mol. The number of benzene rings is 2. The van der Waals surface area contributed by atoms with Crippen LogP contribution in [0.4, 0.5) is 11.4 Å². The van der Waals surface area contributed by atoms with E-state index < -0.39 is 23.4 Å². The van der Waals surface area contributed by atoms with Gasteiger partial charge in [-0.15, -0.1) is 0 Å². The SMILES string of the molecule is O=C(COC(=O)CCOc1ccccc1)Nc1ccccc1[N+](=O)[O-]. The van der Waals surface area contributed by atoms with Crippen LogP contribution in [0.2, 0.25) is 0 Å². The predicted molar refractivity (Wildman–Crippen MR) is 89.2 cm³/mol. The van der Waals surface area contributed by atoms with Crippen molar-refractivity contribution in [3.05, 3.63) is 64.7 Å². The molecule has 0 saturated heterocycles. The van der Waals surface area contributed by atoms with Gasteiger partial charge in [-0.2, -0.15) is 0 Å². The zero-order valence-electron chi connectivity index (χ0n) is 13.2. The molecule has 2 aromatic rings. The molecule has 8 heteroatoms. The predicted octanol–water partition coefficient (Wildman–Crippen LogP) is 2.55. The molecule has 25 heavy (non-hydrogen) atoms. The number of carbonyl (C=O) groups excluding carboxylic acids is 2. The minimum absolute atomic E-state index is 0.0202. The maximum Gasteiger partial charge on any atom is 0.309 e. The van der Waals surface area contributed by atoms with Crippen molar-refractivity contribution in [2.45, 2.75) is 6.42 Å². The molecular weight excluding hydrogens is 328 g/mol. The largest absolute Gasteiger partial charge is 0.493 e. The first-order chi connectivity index (χ1) is 12.1. The molecule has 0 aliphatic heterocycles. The Labute approximate surface area is 143 Å². The molecule has 0 radical (unpaired) electrons. The van der Waals surface area contributed by atoms with Crippen molar-refractivity contribution in [2.24, 2.45) is 0 Å². The number of nitrogens with one attached hydrogen (secondary N) is 1. The van der Waals surface area contributed by atoms with Crippen LogP contribution in [-0.4, -0.2) is 30.0 Å². The van der Waals surface area contributed by atoms with Crippen LogP contribution in [0.15, 0.2) is 54.6 Å². The van der Waals surface area contributed by atoms with Crippen molar-refractivity contribution < 1.29 is 24.0 Å². The molecule has 0 aliphatic carbocycles. The van der Waals surface area contributed by atoms with Crippen molar-refractivity contribution >= 4 is 23.3 Å². The first kappa shape index (κ1) is 17.9. The monoisotopic (exact) mass is 344 g/mol. The molecule has 0 fully saturated rings. The van der Waals surface area contributed by atoms with E-state index in [9.17, 15) is 19.7 Å². The Bertz CT molecular complexity index is 748. The number of carbonyl (C=O) groups is 2. The summed E-state index contributed by atoms with van der Waals surface area (Å²) in [6, 6.07) is 14.7. The summed E-state index contributed by atoms with van der Waals surface area (Å²) in [5, 5.41) is 13.2. The summed E-state index contributed by atoms with van der Waals surface area (Å²) < 4.78 is 10.2. The quantitative estimate of drug-likeness (QED) is 0.448. The van der Waals surface area contributed by atoms with E-state index in [-0.39, 0.29) is 24.4 Å². The lowest BCUT2D eigenvalue weighted by atomic mass is 10.2. The molecule has 2 rings (SSSR count). The number of anilines is 1. The number of amides is 1. The van der Waals surface area contributed by atoms with Gasteiger partial charge in [-0.25, -0.2) is 0 Å². The van der Waals surface area contributed by atoms with Gasteiger partial charge in [0.1, 0.15) is 11.4 Å². The number of hydrogen-bond acceptors (Lipinski definition) is 6. The van der Waals surface area contributed by atoms with Gasteiger partial charge in [0.25, 0.3) is 11.6 Å². The molecule has 130 valence electrons. The molecule has 0 aliphatic rings. The van der Waals surface area contributed by atoms with E-state index >= 15 is 0 Å².